The number of nitrogen functional groups attached to an aromatic ring is 1. The van der Waals surface area contributed by atoms with Crippen LogP contribution in [0.5, 0.6) is 0 Å². The lowest BCUT2D eigenvalue weighted by atomic mass is 10.1. The number of nitrogens with two attached hydrogens (primary N) is 1. The summed E-state index contributed by atoms with van der Waals surface area (Å²) in [7, 11) is 0. The van der Waals surface area contributed by atoms with Gasteiger partial charge in [-0.1, -0.05) is 6.07 Å². The zero-order chi connectivity index (χ0) is 15.6. The fourth-order valence-electron chi connectivity index (χ4n) is 2.88. The van der Waals surface area contributed by atoms with E-state index in [1.807, 2.05) is 24.3 Å². The van der Waals surface area contributed by atoms with Gasteiger partial charge in [0.1, 0.15) is 5.82 Å². The number of aromatic amines is 1. The maximum absolute atomic E-state index is 5.89. The molecule has 0 unspecified atom stereocenters. The van der Waals surface area contributed by atoms with Crippen molar-refractivity contribution in [2.75, 3.05) is 24.3 Å². The molecule has 23 heavy (non-hydrogen) atoms. The van der Waals surface area contributed by atoms with Gasteiger partial charge in [-0.2, -0.15) is 10.1 Å². The van der Waals surface area contributed by atoms with Crippen molar-refractivity contribution in [1.29, 1.82) is 0 Å². The Morgan fingerprint density at radius 1 is 1.17 bits per heavy atom. The molecule has 4 N–H and O–H groups in total. The first-order chi connectivity index (χ1) is 11.3. The third-order valence-corrected chi connectivity index (χ3v) is 4.09. The molecule has 1 aromatic carbocycles. The minimum atomic E-state index is 0.272. The normalized spacial score (nSPS) is 15.8. The second-order valence-electron chi connectivity index (χ2n) is 5.66. The number of H-pyrrole nitrogens is 1. The number of benzene rings is 1. The van der Waals surface area contributed by atoms with Crippen LogP contribution < -0.4 is 11.1 Å². The maximum atomic E-state index is 5.89. The van der Waals surface area contributed by atoms with Crippen molar-refractivity contribution >= 4 is 22.7 Å². The highest BCUT2D eigenvalue weighted by atomic mass is 16.5. The molecule has 1 aliphatic heterocycles. The summed E-state index contributed by atoms with van der Waals surface area (Å²) >= 11 is 0. The zero-order valence-corrected chi connectivity index (χ0v) is 12.6. The van der Waals surface area contributed by atoms with Gasteiger partial charge in [-0.25, -0.2) is 4.98 Å². The van der Waals surface area contributed by atoms with Crippen molar-refractivity contribution in [2.24, 2.45) is 0 Å². The molecule has 1 saturated heterocycles. The van der Waals surface area contributed by atoms with Crippen LogP contribution in [-0.4, -0.2) is 39.4 Å². The first-order valence-electron chi connectivity index (χ1n) is 7.71. The molecule has 2 aromatic heterocycles. The number of rotatable bonds is 3. The van der Waals surface area contributed by atoms with Crippen LogP contribution >= 0.6 is 0 Å². The third-order valence-electron chi connectivity index (χ3n) is 4.09. The van der Waals surface area contributed by atoms with E-state index in [0.717, 1.165) is 54.0 Å². The number of aromatic nitrogens is 4. The SMILES string of the molecule is Nc1nc(NC2CCOCC2)c2ccc(-c3ccn[nH]3)cc2n1. The molecule has 1 aliphatic rings. The summed E-state index contributed by atoms with van der Waals surface area (Å²) in [5, 5.41) is 11.4. The van der Waals surface area contributed by atoms with Gasteiger partial charge in [0.25, 0.3) is 0 Å². The predicted molar refractivity (Wildman–Crippen MR) is 89.0 cm³/mol. The van der Waals surface area contributed by atoms with E-state index in [2.05, 4.69) is 25.5 Å². The highest BCUT2D eigenvalue weighted by molar-refractivity contribution is 5.92. The smallest absolute Gasteiger partial charge is 0.222 e. The number of ether oxygens (including phenoxy) is 1. The fourth-order valence-corrected chi connectivity index (χ4v) is 2.88. The molecule has 0 spiro atoms. The summed E-state index contributed by atoms with van der Waals surface area (Å²) in [5.74, 6) is 1.06. The number of fused-ring (bicyclic) bond motifs is 1. The van der Waals surface area contributed by atoms with E-state index in [1.54, 1.807) is 6.20 Å². The average molecular weight is 310 g/mol. The van der Waals surface area contributed by atoms with Crippen molar-refractivity contribution < 1.29 is 4.74 Å². The zero-order valence-electron chi connectivity index (χ0n) is 12.6. The van der Waals surface area contributed by atoms with Crippen LogP contribution in [-0.2, 0) is 4.74 Å². The molecule has 7 heteroatoms. The number of hydrogen-bond donors (Lipinski definition) is 3. The average Bonchev–Trinajstić information content (AvgIpc) is 3.09. The summed E-state index contributed by atoms with van der Waals surface area (Å²) in [6, 6.07) is 8.33. The van der Waals surface area contributed by atoms with Crippen molar-refractivity contribution in [1.82, 2.24) is 20.2 Å². The Kier molecular flexibility index (Phi) is 3.55. The lowest BCUT2D eigenvalue weighted by Gasteiger charge is -2.24. The molecule has 0 atom stereocenters. The van der Waals surface area contributed by atoms with Gasteiger partial charge in [0, 0.05) is 36.4 Å². The van der Waals surface area contributed by atoms with Gasteiger partial charge in [0.05, 0.1) is 11.2 Å². The standard InChI is InChI=1S/C16H18N6O/c17-16-20-14-9-10(13-3-6-18-22-13)1-2-12(14)15(21-16)19-11-4-7-23-8-5-11/h1-3,6,9,11H,4-5,7-8H2,(H,18,22)(H3,17,19,20,21). The van der Waals surface area contributed by atoms with Crippen LogP contribution in [0.3, 0.4) is 0 Å². The van der Waals surface area contributed by atoms with Gasteiger partial charge < -0.3 is 15.8 Å². The number of nitrogens with one attached hydrogen (secondary N) is 2. The van der Waals surface area contributed by atoms with Crippen molar-refractivity contribution in [3.05, 3.63) is 30.5 Å². The van der Waals surface area contributed by atoms with Gasteiger partial charge in [0.2, 0.25) is 5.95 Å². The molecule has 3 aromatic rings. The first-order valence-corrected chi connectivity index (χ1v) is 7.71. The molecule has 3 heterocycles. The Morgan fingerprint density at radius 2 is 2.04 bits per heavy atom. The molecule has 4 rings (SSSR count). The monoisotopic (exact) mass is 310 g/mol. The number of hydrogen-bond acceptors (Lipinski definition) is 6. The molecule has 0 bridgehead atoms. The van der Waals surface area contributed by atoms with Gasteiger partial charge >= 0.3 is 0 Å². The minimum absolute atomic E-state index is 0.272. The molecule has 0 aliphatic carbocycles. The van der Waals surface area contributed by atoms with Gasteiger partial charge in [0.15, 0.2) is 0 Å². The molecule has 0 saturated carbocycles. The van der Waals surface area contributed by atoms with Gasteiger partial charge in [-0.05, 0) is 31.0 Å². The second-order valence-corrected chi connectivity index (χ2v) is 5.66. The van der Waals surface area contributed by atoms with Crippen LogP contribution in [0, 0.1) is 0 Å². The Hall–Kier alpha value is -2.67. The highest BCUT2D eigenvalue weighted by Crippen LogP contribution is 2.27. The number of anilines is 2. The van der Waals surface area contributed by atoms with E-state index >= 15 is 0 Å². The largest absolute Gasteiger partial charge is 0.381 e. The van der Waals surface area contributed by atoms with E-state index in [1.165, 1.54) is 0 Å². The quantitative estimate of drug-likeness (QED) is 0.685. The summed E-state index contributed by atoms with van der Waals surface area (Å²) in [4.78, 5) is 8.75. The number of nitrogens with zero attached hydrogens (tertiary/aromatic N) is 3. The lowest BCUT2D eigenvalue weighted by molar-refractivity contribution is 0.0904. The molecule has 0 amide bonds. The van der Waals surface area contributed by atoms with Crippen LogP contribution in [0.1, 0.15) is 12.8 Å². The Balaban J connectivity index is 1.72. The van der Waals surface area contributed by atoms with E-state index in [-0.39, 0.29) is 5.95 Å². The maximum Gasteiger partial charge on any atom is 0.222 e. The van der Waals surface area contributed by atoms with E-state index in [9.17, 15) is 0 Å². The van der Waals surface area contributed by atoms with Crippen LogP contribution in [0.25, 0.3) is 22.2 Å². The summed E-state index contributed by atoms with van der Waals surface area (Å²) in [6.07, 6.45) is 3.67. The minimum Gasteiger partial charge on any atom is -0.381 e. The van der Waals surface area contributed by atoms with Crippen LogP contribution in [0.2, 0.25) is 0 Å². The molecule has 1 fully saturated rings. The van der Waals surface area contributed by atoms with Gasteiger partial charge in [-0.3, -0.25) is 5.10 Å². The Bertz CT molecular complexity index is 811. The molecule has 118 valence electrons. The van der Waals surface area contributed by atoms with Crippen molar-refractivity contribution in [2.45, 2.75) is 18.9 Å². The first kappa shape index (κ1) is 14.0. The van der Waals surface area contributed by atoms with E-state index in [4.69, 9.17) is 10.5 Å². The lowest BCUT2D eigenvalue weighted by Crippen LogP contribution is -2.28. The molecule has 0 radical (unpaired) electrons. The second kappa shape index (κ2) is 5.85. The van der Waals surface area contributed by atoms with Crippen molar-refractivity contribution in [3.8, 4) is 11.3 Å². The molecular weight excluding hydrogens is 292 g/mol. The Morgan fingerprint density at radius 3 is 2.83 bits per heavy atom. The topological polar surface area (TPSA) is 102 Å². The van der Waals surface area contributed by atoms with E-state index in [0.29, 0.717) is 6.04 Å². The molecular formula is C16H18N6O. The summed E-state index contributed by atoms with van der Waals surface area (Å²) in [6.45, 7) is 1.56. The van der Waals surface area contributed by atoms with Crippen LogP contribution in [0.15, 0.2) is 30.5 Å². The van der Waals surface area contributed by atoms with E-state index < -0.39 is 0 Å². The third kappa shape index (κ3) is 2.83. The summed E-state index contributed by atoms with van der Waals surface area (Å²) < 4.78 is 5.40. The van der Waals surface area contributed by atoms with Crippen molar-refractivity contribution in [3.63, 3.8) is 0 Å². The highest BCUT2D eigenvalue weighted by Gasteiger charge is 2.16. The predicted octanol–water partition coefficient (Wildman–Crippen LogP) is 2.19. The molecule has 7 nitrogen and oxygen atoms in total. The van der Waals surface area contributed by atoms with Crippen LogP contribution in [0.4, 0.5) is 11.8 Å². The fraction of sp³-hybridized carbons (Fsp3) is 0.312. The Labute approximate surface area is 133 Å². The van der Waals surface area contributed by atoms with Gasteiger partial charge in [-0.15, -0.1) is 0 Å². The summed E-state index contributed by atoms with van der Waals surface area (Å²) in [5.41, 5.74) is 8.68.